The maximum atomic E-state index is 14.3. The van der Waals surface area contributed by atoms with Gasteiger partial charge < -0.3 is 19.5 Å². The molecule has 0 unspecified atom stereocenters. The van der Waals surface area contributed by atoms with E-state index >= 15 is 0 Å². The summed E-state index contributed by atoms with van der Waals surface area (Å²) in [6.07, 6.45) is 3.45. The Morgan fingerprint density at radius 1 is 1.07 bits per heavy atom. The highest BCUT2D eigenvalue weighted by molar-refractivity contribution is 6.30. The van der Waals surface area contributed by atoms with E-state index in [-0.39, 0.29) is 22.5 Å². The average Bonchev–Trinajstić information content (AvgIpc) is 3.34. The Morgan fingerprint density at radius 2 is 1.79 bits per heavy atom. The van der Waals surface area contributed by atoms with Gasteiger partial charge in [0.2, 0.25) is 0 Å². The van der Waals surface area contributed by atoms with E-state index in [0.29, 0.717) is 47.1 Å². The molecule has 0 bridgehead atoms. The lowest BCUT2D eigenvalue weighted by Gasteiger charge is -2.32. The first kappa shape index (κ1) is 29.5. The Morgan fingerprint density at radius 3 is 2.40 bits per heavy atom. The highest BCUT2D eigenvalue weighted by atomic mass is 35.5. The fourth-order valence-electron chi connectivity index (χ4n) is 5.54. The van der Waals surface area contributed by atoms with Crippen molar-refractivity contribution in [1.82, 2.24) is 19.4 Å². The number of methoxy groups -OCH3 is 1. The summed E-state index contributed by atoms with van der Waals surface area (Å²) < 4.78 is 21.2. The maximum absolute atomic E-state index is 14.3. The normalized spacial score (nSPS) is 14.3. The second kappa shape index (κ2) is 11.4. The highest BCUT2D eigenvalue weighted by Gasteiger charge is 2.27. The minimum Gasteiger partial charge on any atom is -0.465 e. The molecule has 0 aliphatic carbocycles. The fourth-order valence-corrected chi connectivity index (χ4v) is 5.66. The van der Waals surface area contributed by atoms with Gasteiger partial charge in [-0.1, -0.05) is 17.7 Å². The predicted octanol–water partition coefficient (Wildman–Crippen LogP) is 6.77. The predicted molar refractivity (Wildman–Crippen MR) is 163 cm³/mol. The molecule has 1 amide bonds. The van der Waals surface area contributed by atoms with Crippen molar-refractivity contribution in [3.63, 3.8) is 0 Å². The maximum Gasteiger partial charge on any atom is 0.339 e. The van der Waals surface area contributed by atoms with Crippen LogP contribution in [0, 0.1) is 19.7 Å². The molecule has 0 atom stereocenters. The third kappa shape index (κ3) is 5.70. The number of esters is 1. The number of likely N-dealkylation sites (tertiary alicyclic amines) is 1. The zero-order valence-corrected chi connectivity index (χ0v) is 25.5. The van der Waals surface area contributed by atoms with Crippen molar-refractivity contribution >= 4 is 40.3 Å². The second-order valence-corrected chi connectivity index (χ2v) is 12.2. The van der Waals surface area contributed by atoms with Crippen LogP contribution < -0.4 is 5.32 Å². The van der Waals surface area contributed by atoms with Crippen molar-refractivity contribution in [2.75, 3.05) is 25.5 Å². The molecule has 4 aromatic rings. The van der Waals surface area contributed by atoms with E-state index in [1.165, 1.54) is 13.2 Å². The van der Waals surface area contributed by atoms with Gasteiger partial charge in [-0.15, -0.1) is 0 Å². The topological polar surface area (TPSA) is 89.4 Å². The quantitative estimate of drug-likeness (QED) is 0.258. The molecule has 1 aromatic carbocycles. The van der Waals surface area contributed by atoms with E-state index in [1.807, 2.05) is 34.7 Å². The molecule has 1 fully saturated rings. The summed E-state index contributed by atoms with van der Waals surface area (Å²) in [7, 11) is 1.36. The van der Waals surface area contributed by atoms with Crippen LogP contribution in [0.25, 0.3) is 22.2 Å². The Balaban J connectivity index is 1.34. The van der Waals surface area contributed by atoms with Crippen LogP contribution in [-0.2, 0) is 10.3 Å². The van der Waals surface area contributed by atoms with Gasteiger partial charge in [0.25, 0.3) is 5.91 Å². The first-order valence-electron chi connectivity index (χ1n) is 14.0. The lowest BCUT2D eigenvalue weighted by molar-refractivity contribution is 0.0598. The Labute approximate surface area is 249 Å². The average molecular weight is 592 g/mol. The van der Waals surface area contributed by atoms with Crippen LogP contribution in [-0.4, -0.2) is 57.6 Å². The van der Waals surface area contributed by atoms with Crippen molar-refractivity contribution in [2.24, 2.45) is 0 Å². The van der Waals surface area contributed by atoms with E-state index < -0.39 is 11.8 Å². The summed E-state index contributed by atoms with van der Waals surface area (Å²) in [4.78, 5) is 36.8. The molecular weight excluding hydrogens is 557 g/mol. The lowest BCUT2D eigenvalue weighted by Crippen LogP contribution is -2.42. The van der Waals surface area contributed by atoms with Gasteiger partial charge in [0.05, 0.1) is 23.4 Å². The molecule has 4 heterocycles. The standard InChI is InChI=1S/C32H35ClFN5O3/c1-18-15-27(35-19(2)28(18)31(41)42-6)36-21-11-13-38(14-12-21)30(40)26-10-8-22-23(20-7-9-24(33)25(34)16-20)17-39(29(22)37-26)32(3,4)5/h7-10,15-17,21H,11-14H2,1-6H3,(H,35,36). The van der Waals surface area contributed by atoms with Crippen molar-refractivity contribution in [2.45, 2.75) is 59.0 Å². The largest absolute Gasteiger partial charge is 0.465 e. The van der Waals surface area contributed by atoms with Crippen molar-refractivity contribution in [3.8, 4) is 11.1 Å². The van der Waals surface area contributed by atoms with Crippen LogP contribution in [0.1, 0.15) is 65.7 Å². The molecule has 0 radical (unpaired) electrons. The van der Waals surface area contributed by atoms with Crippen molar-refractivity contribution in [1.29, 1.82) is 0 Å². The molecule has 1 aliphatic rings. The first-order chi connectivity index (χ1) is 19.9. The molecule has 220 valence electrons. The monoisotopic (exact) mass is 591 g/mol. The molecule has 3 aromatic heterocycles. The van der Waals surface area contributed by atoms with Crippen LogP contribution in [0.2, 0.25) is 5.02 Å². The van der Waals surface area contributed by atoms with Gasteiger partial charge in [0, 0.05) is 41.8 Å². The summed E-state index contributed by atoms with van der Waals surface area (Å²) in [5.41, 5.74) is 4.14. The summed E-state index contributed by atoms with van der Waals surface area (Å²) in [5.74, 6) is -0.299. The van der Waals surface area contributed by atoms with Gasteiger partial charge in [-0.2, -0.15) is 0 Å². The Bertz CT molecular complexity index is 1660. The number of hydrogen-bond donors (Lipinski definition) is 1. The summed E-state index contributed by atoms with van der Waals surface area (Å²) >= 11 is 5.92. The van der Waals surface area contributed by atoms with Crippen LogP contribution >= 0.6 is 11.6 Å². The number of nitrogens with one attached hydrogen (secondary N) is 1. The number of amides is 1. The van der Waals surface area contributed by atoms with E-state index in [2.05, 4.69) is 31.1 Å². The number of aromatic nitrogens is 3. The number of benzene rings is 1. The minimum atomic E-state index is -0.484. The number of piperidine rings is 1. The third-order valence-electron chi connectivity index (χ3n) is 7.75. The summed E-state index contributed by atoms with van der Waals surface area (Å²) in [5, 5.41) is 4.37. The van der Waals surface area contributed by atoms with Crippen LogP contribution in [0.3, 0.4) is 0 Å². The molecule has 1 saturated heterocycles. The number of aryl methyl sites for hydroxylation is 2. The van der Waals surface area contributed by atoms with E-state index in [1.54, 1.807) is 25.1 Å². The molecule has 0 spiro atoms. The molecule has 0 saturated carbocycles. The summed E-state index contributed by atoms with van der Waals surface area (Å²) in [6, 6.07) is 10.4. The summed E-state index contributed by atoms with van der Waals surface area (Å²) in [6.45, 7) is 11.0. The minimum absolute atomic E-state index is 0.0706. The molecule has 10 heteroatoms. The molecule has 1 aliphatic heterocycles. The lowest BCUT2D eigenvalue weighted by atomic mass is 10.0. The van der Waals surface area contributed by atoms with Crippen LogP contribution in [0.15, 0.2) is 42.6 Å². The number of fused-ring (bicyclic) bond motifs is 1. The molecule has 5 rings (SSSR count). The molecule has 8 nitrogen and oxygen atoms in total. The number of rotatable bonds is 5. The van der Waals surface area contributed by atoms with E-state index in [0.717, 1.165) is 29.4 Å². The van der Waals surface area contributed by atoms with E-state index in [4.69, 9.17) is 21.3 Å². The number of carbonyl (C=O) groups excluding carboxylic acids is 2. The SMILES string of the molecule is COC(=O)c1c(C)cc(NC2CCN(C(=O)c3ccc4c(-c5ccc(Cl)c(F)c5)cn(C(C)(C)C)c4n3)CC2)nc1C. The smallest absolute Gasteiger partial charge is 0.339 e. The van der Waals surface area contributed by atoms with Gasteiger partial charge >= 0.3 is 5.97 Å². The number of ether oxygens (including phenoxy) is 1. The van der Waals surface area contributed by atoms with Gasteiger partial charge in [-0.3, -0.25) is 4.79 Å². The third-order valence-corrected chi connectivity index (χ3v) is 8.05. The Kier molecular flexibility index (Phi) is 7.98. The van der Waals surface area contributed by atoms with Crippen molar-refractivity contribution in [3.05, 3.63) is 75.9 Å². The van der Waals surface area contributed by atoms with Gasteiger partial charge in [0.1, 0.15) is 23.0 Å². The van der Waals surface area contributed by atoms with Crippen LogP contribution in [0.5, 0.6) is 0 Å². The van der Waals surface area contributed by atoms with Gasteiger partial charge in [-0.25, -0.2) is 19.2 Å². The van der Waals surface area contributed by atoms with Gasteiger partial charge in [-0.05, 0) is 88.9 Å². The number of nitrogens with zero attached hydrogens (tertiary/aromatic N) is 4. The van der Waals surface area contributed by atoms with E-state index in [9.17, 15) is 14.0 Å². The Hall–Kier alpha value is -3.98. The number of pyridine rings is 2. The number of anilines is 1. The van der Waals surface area contributed by atoms with Crippen molar-refractivity contribution < 1.29 is 18.7 Å². The highest BCUT2D eigenvalue weighted by Crippen LogP contribution is 2.35. The van der Waals surface area contributed by atoms with Gasteiger partial charge in [0.15, 0.2) is 0 Å². The number of carbonyl (C=O) groups is 2. The zero-order valence-electron chi connectivity index (χ0n) is 24.7. The number of halogens is 2. The fraction of sp³-hybridized carbons (Fsp3) is 0.375. The van der Waals surface area contributed by atoms with Crippen LogP contribution in [0.4, 0.5) is 10.2 Å². The molecular formula is C32H35ClFN5O3. The number of hydrogen-bond acceptors (Lipinski definition) is 6. The second-order valence-electron chi connectivity index (χ2n) is 11.8. The molecule has 1 N–H and O–H groups in total. The first-order valence-corrected chi connectivity index (χ1v) is 14.4. The molecule has 42 heavy (non-hydrogen) atoms. The zero-order chi connectivity index (χ0) is 30.3.